The molecule has 636 valence electrons. The van der Waals surface area contributed by atoms with Crippen molar-refractivity contribution in [1.29, 1.82) is 0 Å². The molecule has 0 spiro atoms. The van der Waals surface area contributed by atoms with Gasteiger partial charge in [-0.15, -0.1) is 0 Å². The Hall–Kier alpha value is -5.22. The Kier molecular flexibility index (Phi) is 14.3. The highest BCUT2D eigenvalue weighted by atomic mass is 32.2. The molecule has 18 nitrogen and oxygen atoms in total. The predicted octanol–water partition coefficient (Wildman–Crippen LogP) is 16.1. The average molecular weight is 1760 g/mol. The zero-order valence-corrected chi connectivity index (χ0v) is 67.5. The molecule has 6 aromatic rings. The lowest BCUT2D eigenvalue weighted by Gasteiger charge is -2.32. The van der Waals surface area contributed by atoms with Gasteiger partial charge in [0.15, 0.2) is 59.0 Å². The molecule has 0 radical (unpaired) electrons. The number of likely N-dealkylation sites (tertiary alicyclic amines) is 6. The van der Waals surface area contributed by atoms with Crippen LogP contribution in [0.3, 0.4) is 0 Å². The van der Waals surface area contributed by atoms with E-state index in [-0.39, 0.29) is 51.1 Å². The number of piperidine rings is 6. The first-order valence-corrected chi connectivity index (χ1v) is 43.9. The molecular weight excluding hydrogens is 1550 g/mol. The summed E-state index contributed by atoms with van der Waals surface area (Å²) in [5, 5.41) is 0. The Morgan fingerprint density at radius 2 is 0.491 bits per heavy atom. The smallest absolute Gasteiger partial charge is 0.175 e. The van der Waals surface area contributed by atoms with Crippen molar-refractivity contribution in [2.24, 2.45) is 0 Å². The van der Waals surface area contributed by atoms with E-state index < -0.39 is 376 Å². The maximum atomic E-state index is 12.4. The molecule has 0 saturated carbocycles. The Morgan fingerprint density at radius 3 is 0.675 bits per heavy atom. The molecule has 0 amide bonds. The molecule has 24 heteroatoms. The van der Waals surface area contributed by atoms with Crippen molar-refractivity contribution in [2.45, 2.75) is 221 Å². The van der Waals surface area contributed by atoms with Crippen molar-refractivity contribution in [3.05, 3.63) is 179 Å². The van der Waals surface area contributed by atoms with Gasteiger partial charge in [-0.3, -0.25) is 0 Å². The summed E-state index contributed by atoms with van der Waals surface area (Å²) in [5.74, 6) is -19.9. The largest absolute Gasteiger partial charge is 0.303 e. The third-order valence-corrected chi connectivity index (χ3v) is 20.4. The van der Waals surface area contributed by atoms with Gasteiger partial charge in [-0.1, -0.05) is 114 Å². The molecule has 6 aliphatic heterocycles. The van der Waals surface area contributed by atoms with Crippen LogP contribution in [0.15, 0.2) is 175 Å². The minimum atomic E-state index is -5.10. The van der Waals surface area contributed by atoms with E-state index in [2.05, 4.69) is 0 Å². The molecule has 6 fully saturated rings. The summed E-state index contributed by atoms with van der Waals surface area (Å²) in [5.41, 5.74) is -4.00. The minimum Gasteiger partial charge on any atom is -0.303 e. The summed E-state index contributed by atoms with van der Waals surface area (Å²) in [6, 6.07) is 22.2. The highest BCUT2D eigenvalue weighted by Gasteiger charge is 2.29. The standard InChI is InChI=1S/6C15H23NO2S/c6*1-3-9-16-10-5-7-14(12-16)13-6-4-8-15(11-13)19(2,17)18/h6*4,6,8,11,14H,3,5,7,9-10,12H2,1-2H3/i2D3,3D2,5D2,7D2,9D2,10D2,12D2,14D;3D2,5D2,7D2,9D2,10D2,12D2,14D;2D3,5D2,7D2,9D2,10D2,12D2,14D;5D2,7D2,9D2,10D2,12D2,14D;2D3,5D2,7D2,10D2,12D2,14D;5D2,7D2,10D2,12D2,14D. The molecule has 0 N–H and O–H groups in total. The van der Waals surface area contributed by atoms with Gasteiger partial charge in [0.1, 0.15) is 0 Å². The molecule has 6 aromatic carbocycles. The van der Waals surface area contributed by atoms with E-state index in [4.69, 9.17) is 103 Å². The SMILES string of the molecule is [2H]C([2H])(C)C([2H])([2H])N1C([2H])([2H])C([2H])([2H])C([2H])([2H])C([2H])(c2cccc(S(=O)(=O)C([2H])([2H])[2H])c2)C1([2H])[2H].[2H]C([2H])(C)C([2H])([2H])N1C([2H])([2H])C([2H])([2H])C([2H])([2H])C([2H])(c2cccc(S(C)(=O)=O)c2)C1([2H])[2H].[2H]C([2H])(CC)N1C([2H])([2H])C([2H])([2H])C([2H])([2H])C([2H])(c2cccc(S(=O)(=O)C([2H])([2H])[2H])c2)C1([2H])[2H].[2H]C([2H])(CC)N1C([2H])([2H])C([2H])([2H])C([2H])([2H])C([2H])(c2cccc(S(C)(=O)=O)c2)C1([2H])[2H].[2H]C1([2H])N(CCC)C([2H])([2H])C([2H])(c2cccc(S(=O)(=O)C([2H])([2H])[2H])c2)C([2H])([2H])C1([2H])[2H].[2H]C1([2H])N(CCC)C([2H])([2H])C([2H])(c2cccc(S(C)(=O)=O)c2)C([2H])([2H])C1([2H])[2H]. The van der Waals surface area contributed by atoms with E-state index >= 15 is 0 Å². The van der Waals surface area contributed by atoms with Crippen LogP contribution in [0, 0.1) is 0 Å². The van der Waals surface area contributed by atoms with Crippen molar-refractivity contribution in [2.75, 3.05) is 154 Å². The first kappa shape index (κ1) is 35.1. The van der Waals surface area contributed by atoms with Crippen LogP contribution in [0.1, 0.15) is 328 Å². The van der Waals surface area contributed by atoms with Gasteiger partial charge < -0.3 is 29.4 Å². The summed E-state index contributed by atoms with van der Waals surface area (Å²) in [4.78, 5) is -4.00. The summed E-state index contributed by atoms with van der Waals surface area (Å²) in [6.45, 7) is -48.2. The van der Waals surface area contributed by atoms with E-state index in [0.29, 0.717) is 41.8 Å². The number of hydrogen-bond donors (Lipinski definition) is 0. The fourth-order valence-corrected chi connectivity index (χ4v) is 13.0. The molecule has 6 aliphatic rings. The van der Waals surface area contributed by atoms with Gasteiger partial charge in [0, 0.05) is 179 Å². The third-order valence-electron chi connectivity index (χ3n) is 14.5. The van der Waals surface area contributed by atoms with Crippen molar-refractivity contribution in [3.63, 3.8) is 0 Å². The second kappa shape index (κ2) is 46.4. The Bertz CT molecular complexity index is 8410. The highest BCUT2D eigenvalue weighted by molar-refractivity contribution is 7.92. The van der Waals surface area contributed by atoms with Crippen LogP contribution >= 0.6 is 0 Å². The summed E-state index contributed by atoms with van der Waals surface area (Å²) < 4.78 is 759. The van der Waals surface area contributed by atoms with Crippen molar-refractivity contribution in [3.8, 4) is 0 Å². The van der Waals surface area contributed by atoms with E-state index in [9.17, 15) is 50.5 Å². The van der Waals surface area contributed by atoms with Crippen LogP contribution in [0.5, 0.6) is 0 Å². The lowest BCUT2D eigenvalue weighted by molar-refractivity contribution is 0.208. The van der Waals surface area contributed by atoms with Gasteiger partial charge in [0.05, 0.1) is 29.4 Å². The van der Waals surface area contributed by atoms with Gasteiger partial charge in [-0.2, -0.15) is 0 Å². The lowest BCUT2D eigenvalue weighted by Crippen LogP contribution is -2.34. The molecule has 0 aromatic heterocycles. The van der Waals surface area contributed by atoms with Crippen molar-refractivity contribution < 1.29 is 153 Å². The maximum Gasteiger partial charge on any atom is 0.175 e. The molecule has 6 heterocycles. The quantitative estimate of drug-likeness (QED) is 0.0549. The molecule has 6 unspecified atom stereocenters. The van der Waals surface area contributed by atoms with Gasteiger partial charge >= 0.3 is 0 Å². The topological polar surface area (TPSA) is 224 Å². The average Bonchev–Trinajstić information content (AvgIpc) is 0.656. The molecule has 0 aliphatic carbocycles. The third kappa shape index (κ3) is 32.1. The zero-order valence-electron chi connectivity index (χ0n) is 138. The maximum absolute atomic E-state index is 12.4. The molecule has 6 saturated heterocycles. The molecule has 6 atom stereocenters. The van der Waals surface area contributed by atoms with Gasteiger partial charge in [0.2, 0.25) is 0 Å². The first-order chi connectivity index (χ1) is 82.5. The first-order valence-electron chi connectivity index (χ1n) is 71.2. The number of hydrogen-bond acceptors (Lipinski definition) is 18. The van der Waals surface area contributed by atoms with E-state index in [1.807, 2.05) is 0 Å². The monoisotopic (exact) mass is 1760 g/mol. The van der Waals surface area contributed by atoms with E-state index in [1.54, 1.807) is 13.8 Å². The van der Waals surface area contributed by atoms with Gasteiger partial charge in [-0.05, 0) is 335 Å². The zero-order chi connectivity index (χ0) is 150. The molecular formula is C90H138N6O12S6. The fourth-order valence-electron chi connectivity index (χ4n) is 9.36. The number of sulfone groups is 6. The van der Waals surface area contributed by atoms with Crippen LogP contribution in [0.25, 0.3) is 0 Å². The van der Waals surface area contributed by atoms with Gasteiger partial charge in [0.25, 0.3) is 0 Å². The predicted molar refractivity (Wildman–Crippen MR) is 470 cm³/mol. The number of nitrogens with zero attached hydrogens (tertiary/aromatic N) is 6. The molecule has 12 rings (SSSR count). The summed E-state index contributed by atoms with van der Waals surface area (Å²) >= 11 is 0. The van der Waals surface area contributed by atoms with Crippen LogP contribution in [0.4, 0.5) is 0 Å². The summed E-state index contributed by atoms with van der Waals surface area (Å²) in [6.07, 6.45) is -57.9. The Balaban J connectivity index is 0.000000302. The number of benzene rings is 6. The van der Waals surface area contributed by atoms with Crippen molar-refractivity contribution >= 4 is 59.0 Å². The van der Waals surface area contributed by atoms with E-state index in [1.165, 1.54) is 32.0 Å². The van der Waals surface area contributed by atoms with Crippen LogP contribution in [-0.2, 0) is 59.0 Å². The normalized spacial score (nSPS) is 46.8. The van der Waals surface area contributed by atoms with Crippen LogP contribution < -0.4 is 0 Å². The Labute approximate surface area is 795 Å². The highest BCUT2D eigenvalue weighted by Crippen LogP contribution is 2.35. The minimum absolute atomic E-state index is 0.0750. The Morgan fingerprint density at radius 1 is 0.298 bits per heavy atom. The second-order valence-corrected chi connectivity index (χ2v) is 34.0. The molecule has 0 bridgehead atoms. The van der Waals surface area contributed by atoms with Gasteiger partial charge in [-0.25, -0.2) is 50.5 Å². The fraction of sp³-hybridized carbons (Fsp3) is 0.600. The lowest BCUT2D eigenvalue weighted by atomic mass is 9.90. The summed E-state index contributed by atoms with van der Waals surface area (Å²) in [7, 11) is -26.6. The van der Waals surface area contributed by atoms with Crippen LogP contribution in [0.2, 0.25) is 0 Å². The second-order valence-electron chi connectivity index (χ2n) is 23.5. The van der Waals surface area contributed by atoms with E-state index in [0.717, 1.165) is 128 Å². The number of rotatable bonds is 24. The van der Waals surface area contributed by atoms with Crippen molar-refractivity contribution in [1.82, 2.24) is 29.4 Å². The van der Waals surface area contributed by atoms with Crippen LogP contribution in [-0.4, -0.2) is 234 Å². The molecule has 114 heavy (non-hydrogen) atoms.